The van der Waals surface area contributed by atoms with Gasteiger partial charge in [0, 0.05) is 43.0 Å². The highest BCUT2D eigenvalue weighted by atomic mass is 16.5. The standard InChI is InChI=1S/C23H26N4O2/c1-15-11-21(29-3)16(2)10-19(15)14-27-9-6-18(13-27)20-12-22(28)26-23(25-20)17-4-7-24-8-5-17/h4-5,7-8,10-12,18H,6,9,13-14H2,1-3H3,(H,25,26,28)/t18-/m0/s1. The van der Waals surface area contributed by atoms with Crippen molar-refractivity contribution in [2.24, 2.45) is 0 Å². The molecular formula is C23H26N4O2. The zero-order valence-corrected chi connectivity index (χ0v) is 17.1. The summed E-state index contributed by atoms with van der Waals surface area (Å²) < 4.78 is 5.43. The Morgan fingerprint density at radius 1 is 1.17 bits per heavy atom. The van der Waals surface area contributed by atoms with Crippen LogP contribution in [0.1, 0.15) is 34.7 Å². The Bertz CT molecular complexity index is 1060. The molecule has 1 aromatic carbocycles. The van der Waals surface area contributed by atoms with Crippen molar-refractivity contribution in [3.05, 3.63) is 75.5 Å². The molecule has 1 aliphatic heterocycles. The zero-order chi connectivity index (χ0) is 20.4. The number of ether oxygens (including phenoxy) is 1. The summed E-state index contributed by atoms with van der Waals surface area (Å²) in [6, 6.07) is 9.68. The molecule has 0 aliphatic carbocycles. The minimum atomic E-state index is -0.109. The van der Waals surface area contributed by atoms with Crippen molar-refractivity contribution in [1.82, 2.24) is 19.9 Å². The molecule has 1 fully saturated rings. The molecule has 1 aliphatic rings. The maximum absolute atomic E-state index is 12.2. The number of hydrogen-bond acceptors (Lipinski definition) is 5. The fraction of sp³-hybridized carbons (Fsp3) is 0.348. The highest BCUT2D eigenvalue weighted by molar-refractivity contribution is 5.53. The normalized spacial score (nSPS) is 16.9. The average molecular weight is 390 g/mol. The number of rotatable bonds is 5. The molecule has 3 heterocycles. The van der Waals surface area contributed by atoms with E-state index in [0.29, 0.717) is 5.82 Å². The van der Waals surface area contributed by atoms with Crippen molar-refractivity contribution in [2.45, 2.75) is 32.7 Å². The van der Waals surface area contributed by atoms with Gasteiger partial charge in [-0.15, -0.1) is 0 Å². The second-order valence-electron chi connectivity index (χ2n) is 7.72. The van der Waals surface area contributed by atoms with E-state index < -0.39 is 0 Å². The van der Waals surface area contributed by atoms with E-state index in [-0.39, 0.29) is 11.5 Å². The van der Waals surface area contributed by atoms with Crippen molar-refractivity contribution in [2.75, 3.05) is 20.2 Å². The summed E-state index contributed by atoms with van der Waals surface area (Å²) in [5, 5.41) is 0. The first kappa shape index (κ1) is 19.3. The molecule has 4 rings (SSSR count). The lowest BCUT2D eigenvalue weighted by atomic mass is 10.0. The van der Waals surface area contributed by atoms with Crippen molar-refractivity contribution >= 4 is 0 Å². The van der Waals surface area contributed by atoms with Crippen molar-refractivity contribution < 1.29 is 4.74 Å². The van der Waals surface area contributed by atoms with E-state index in [1.165, 1.54) is 11.1 Å². The summed E-state index contributed by atoms with van der Waals surface area (Å²) >= 11 is 0. The van der Waals surface area contributed by atoms with Crippen LogP contribution in [0.5, 0.6) is 5.75 Å². The summed E-state index contributed by atoms with van der Waals surface area (Å²) in [6.07, 6.45) is 4.41. The van der Waals surface area contributed by atoms with Crippen LogP contribution >= 0.6 is 0 Å². The van der Waals surface area contributed by atoms with E-state index in [1.54, 1.807) is 25.6 Å². The molecule has 150 valence electrons. The smallest absolute Gasteiger partial charge is 0.251 e. The summed E-state index contributed by atoms with van der Waals surface area (Å²) in [6.45, 7) is 7.00. The van der Waals surface area contributed by atoms with Gasteiger partial charge < -0.3 is 9.72 Å². The Balaban J connectivity index is 1.51. The lowest BCUT2D eigenvalue weighted by molar-refractivity contribution is 0.325. The van der Waals surface area contributed by atoms with Crippen LogP contribution < -0.4 is 10.3 Å². The zero-order valence-electron chi connectivity index (χ0n) is 17.1. The molecule has 2 aromatic heterocycles. The van der Waals surface area contributed by atoms with Gasteiger partial charge >= 0.3 is 0 Å². The summed E-state index contributed by atoms with van der Waals surface area (Å²) in [4.78, 5) is 26.3. The third-order valence-electron chi connectivity index (χ3n) is 5.65. The second kappa shape index (κ2) is 8.17. The van der Waals surface area contributed by atoms with Crippen molar-refractivity contribution in [1.29, 1.82) is 0 Å². The van der Waals surface area contributed by atoms with Gasteiger partial charge in [0.2, 0.25) is 0 Å². The lowest BCUT2D eigenvalue weighted by Crippen LogP contribution is -2.21. The van der Waals surface area contributed by atoms with Crippen LogP contribution in [-0.2, 0) is 6.54 Å². The molecule has 6 nitrogen and oxygen atoms in total. The van der Waals surface area contributed by atoms with E-state index in [1.807, 2.05) is 12.1 Å². The van der Waals surface area contributed by atoms with Crippen LogP contribution in [0.2, 0.25) is 0 Å². The first-order valence-corrected chi connectivity index (χ1v) is 9.91. The van der Waals surface area contributed by atoms with Gasteiger partial charge in [-0.2, -0.15) is 0 Å². The highest BCUT2D eigenvalue weighted by Gasteiger charge is 2.26. The third-order valence-corrected chi connectivity index (χ3v) is 5.65. The second-order valence-corrected chi connectivity index (χ2v) is 7.72. The third kappa shape index (κ3) is 4.22. The van der Waals surface area contributed by atoms with Crippen LogP contribution in [0.25, 0.3) is 11.4 Å². The first-order chi connectivity index (χ1) is 14.0. The molecule has 0 unspecified atom stereocenters. The van der Waals surface area contributed by atoms with Gasteiger partial charge in [-0.3, -0.25) is 14.7 Å². The minimum absolute atomic E-state index is 0.109. The summed E-state index contributed by atoms with van der Waals surface area (Å²) in [7, 11) is 1.71. The maximum atomic E-state index is 12.2. The highest BCUT2D eigenvalue weighted by Crippen LogP contribution is 2.29. The molecule has 0 saturated carbocycles. The Hall–Kier alpha value is -2.99. The number of benzene rings is 1. The predicted octanol–water partition coefficient (Wildman–Crippen LogP) is 3.45. The van der Waals surface area contributed by atoms with Crippen molar-refractivity contribution in [3.63, 3.8) is 0 Å². The number of aryl methyl sites for hydroxylation is 2. The molecule has 6 heteroatoms. The van der Waals surface area contributed by atoms with E-state index in [9.17, 15) is 4.79 Å². The lowest BCUT2D eigenvalue weighted by Gasteiger charge is -2.19. The molecule has 1 saturated heterocycles. The van der Waals surface area contributed by atoms with Crippen LogP contribution in [0.15, 0.2) is 47.5 Å². The predicted molar refractivity (Wildman–Crippen MR) is 113 cm³/mol. The number of likely N-dealkylation sites (tertiary alicyclic amines) is 1. The molecule has 0 spiro atoms. The fourth-order valence-electron chi connectivity index (χ4n) is 4.03. The number of methoxy groups -OCH3 is 1. The monoisotopic (exact) mass is 390 g/mol. The number of nitrogens with one attached hydrogen (secondary N) is 1. The number of pyridine rings is 1. The number of aromatic amines is 1. The average Bonchev–Trinajstić information content (AvgIpc) is 3.19. The van der Waals surface area contributed by atoms with Gasteiger partial charge in [-0.1, -0.05) is 6.07 Å². The minimum Gasteiger partial charge on any atom is -0.496 e. The SMILES string of the molecule is COc1cc(C)c(CN2CC[C@H](c3cc(=O)[nH]c(-c4ccncc4)n3)C2)cc1C. The maximum Gasteiger partial charge on any atom is 0.251 e. The van der Waals surface area contributed by atoms with E-state index in [4.69, 9.17) is 9.72 Å². The molecule has 1 N–H and O–H groups in total. The van der Waals surface area contributed by atoms with Crippen LogP contribution in [-0.4, -0.2) is 40.1 Å². The summed E-state index contributed by atoms with van der Waals surface area (Å²) in [5.74, 6) is 1.80. The van der Waals surface area contributed by atoms with Gasteiger partial charge in [0.25, 0.3) is 5.56 Å². The van der Waals surface area contributed by atoms with Gasteiger partial charge in [-0.05, 0) is 61.7 Å². The molecule has 1 atom stereocenters. The van der Waals surface area contributed by atoms with E-state index in [2.05, 4.69) is 40.8 Å². The van der Waals surface area contributed by atoms with Gasteiger partial charge in [0.15, 0.2) is 0 Å². The van der Waals surface area contributed by atoms with Gasteiger partial charge in [-0.25, -0.2) is 4.98 Å². The topological polar surface area (TPSA) is 71.1 Å². The van der Waals surface area contributed by atoms with Gasteiger partial charge in [0.1, 0.15) is 11.6 Å². The number of hydrogen-bond donors (Lipinski definition) is 1. The molecule has 0 amide bonds. The largest absolute Gasteiger partial charge is 0.496 e. The van der Waals surface area contributed by atoms with Gasteiger partial charge in [0.05, 0.1) is 12.8 Å². The Labute approximate surface area is 170 Å². The van der Waals surface area contributed by atoms with Crippen LogP contribution in [0.4, 0.5) is 0 Å². The van der Waals surface area contributed by atoms with E-state index >= 15 is 0 Å². The van der Waals surface area contributed by atoms with Crippen LogP contribution in [0.3, 0.4) is 0 Å². The molecule has 0 radical (unpaired) electrons. The number of H-pyrrole nitrogens is 1. The molecule has 0 bridgehead atoms. The number of aromatic nitrogens is 3. The molecular weight excluding hydrogens is 364 g/mol. The Morgan fingerprint density at radius 3 is 2.72 bits per heavy atom. The number of nitrogens with zero attached hydrogens (tertiary/aromatic N) is 3. The molecule has 3 aromatic rings. The molecule has 29 heavy (non-hydrogen) atoms. The van der Waals surface area contributed by atoms with E-state index in [0.717, 1.165) is 48.6 Å². The van der Waals surface area contributed by atoms with Crippen molar-refractivity contribution in [3.8, 4) is 17.1 Å². The first-order valence-electron chi connectivity index (χ1n) is 9.91. The summed E-state index contributed by atoms with van der Waals surface area (Å²) in [5.41, 5.74) is 5.35. The quantitative estimate of drug-likeness (QED) is 0.723. The van der Waals surface area contributed by atoms with Crippen LogP contribution in [0, 0.1) is 13.8 Å². The Morgan fingerprint density at radius 2 is 1.97 bits per heavy atom. The Kier molecular flexibility index (Phi) is 5.45. The fourth-order valence-corrected chi connectivity index (χ4v) is 4.03.